The van der Waals surface area contributed by atoms with E-state index in [-0.39, 0.29) is 17.7 Å². The number of thiophene rings is 1. The maximum atomic E-state index is 12.4. The quantitative estimate of drug-likeness (QED) is 0.837. The first-order chi connectivity index (χ1) is 12.3. The molecule has 26 heavy (non-hydrogen) atoms. The normalized spacial score (nSPS) is 20.6. The van der Waals surface area contributed by atoms with Crippen LogP contribution in [0, 0.1) is 5.92 Å². The molecule has 1 amide bonds. The minimum Gasteiger partial charge on any atom is -0.406 e. The lowest BCUT2D eigenvalue weighted by molar-refractivity contribution is -0.274. The fraction of sp³-hybridized carbons (Fsp3) is 0.389. The van der Waals surface area contributed by atoms with Crippen molar-refractivity contribution in [3.8, 4) is 16.2 Å². The third kappa shape index (κ3) is 4.76. The van der Waals surface area contributed by atoms with Gasteiger partial charge in [-0.3, -0.25) is 4.79 Å². The minimum atomic E-state index is -4.71. The third-order valence-corrected chi connectivity index (χ3v) is 5.44. The standard InChI is InChI=1S/C18H19F3N2O2S/c1-11-10-22-9-8-14(11)23-17(24)16-7-6-15(26-16)12-2-4-13(5-3-12)25-18(19,20)21/h2-7,11,14,22H,8-10H2,1H3,(H,23,24). The van der Waals surface area contributed by atoms with E-state index in [9.17, 15) is 18.0 Å². The highest BCUT2D eigenvalue weighted by molar-refractivity contribution is 7.17. The lowest BCUT2D eigenvalue weighted by Crippen LogP contribution is -2.48. The summed E-state index contributed by atoms with van der Waals surface area (Å²) in [6, 6.07) is 9.30. The first-order valence-corrected chi connectivity index (χ1v) is 9.11. The van der Waals surface area contributed by atoms with Crippen molar-refractivity contribution in [2.45, 2.75) is 25.7 Å². The number of carbonyl (C=O) groups is 1. The SMILES string of the molecule is CC1CNCCC1NC(=O)c1ccc(-c2ccc(OC(F)(F)F)cc2)s1. The molecule has 1 fully saturated rings. The van der Waals surface area contributed by atoms with Crippen molar-refractivity contribution >= 4 is 17.2 Å². The average Bonchev–Trinajstić information content (AvgIpc) is 3.06. The van der Waals surface area contributed by atoms with Crippen LogP contribution in [0.4, 0.5) is 13.2 Å². The van der Waals surface area contributed by atoms with E-state index in [1.165, 1.54) is 23.5 Å². The second-order valence-corrected chi connectivity index (χ2v) is 7.37. The van der Waals surface area contributed by atoms with E-state index in [4.69, 9.17) is 0 Å². The summed E-state index contributed by atoms with van der Waals surface area (Å²) in [5, 5.41) is 6.36. The monoisotopic (exact) mass is 384 g/mol. The number of amides is 1. The first-order valence-electron chi connectivity index (χ1n) is 8.29. The highest BCUT2D eigenvalue weighted by Gasteiger charge is 2.31. The Morgan fingerprint density at radius 2 is 1.96 bits per heavy atom. The molecular formula is C18H19F3N2O2S. The molecule has 1 aromatic heterocycles. The molecule has 2 N–H and O–H groups in total. The Labute approximate surface area is 153 Å². The molecule has 140 valence electrons. The molecule has 0 bridgehead atoms. The van der Waals surface area contributed by atoms with Gasteiger partial charge in [-0.2, -0.15) is 0 Å². The van der Waals surface area contributed by atoms with E-state index in [1.54, 1.807) is 24.3 Å². The highest BCUT2D eigenvalue weighted by atomic mass is 32.1. The van der Waals surface area contributed by atoms with Crippen molar-refractivity contribution < 1.29 is 22.7 Å². The molecule has 2 atom stereocenters. The average molecular weight is 384 g/mol. The van der Waals surface area contributed by atoms with Crippen LogP contribution in [0.3, 0.4) is 0 Å². The van der Waals surface area contributed by atoms with Gasteiger partial charge in [-0.25, -0.2) is 0 Å². The summed E-state index contributed by atoms with van der Waals surface area (Å²) in [7, 11) is 0. The summed E-state index contributed by atoms with van der Waals surface area (Å²) in [6.45, 7) is 3.87. The first kappa shape index (κ1) is 18.7. The molecule has 4 nitrogen and oxygen atoms in total. The van der Waals surface area contributed by atoms with Crippen LogP contribution in [0.1, 0.15) is 23.0 Å². The lowest BCUT2D eigenvalue weighted by Gasteiger charge is -2.30. The second-order valence-electron chi connectivity index (χ2n) is 6.29. The summed E-state index contributed by atoms with van der Waals surface area (Å²) < 4.78 is 40.5. The molecule has 0 aliphatic carbocycles. The zero-order valence-corrected chi connectivity index (χ0v) is 14.9. The summed E-state index contributed by atoms with van der Waals surface area (Å²) in [5.74, 6) is -0.0130. The molecule has 1 aliphatic heterocycles. The van der Waals surface area contributed by atoms with E-state index < -0.39 is 6.36 Å². The van der Waals surface area contributed by atoms with Gasteiger partial charge in [0.2, 0.25) is 0 Å². The van der Waals surface area contributed by atoms with Crippen molar-refractivity contribution in [3.63, 3.8) is 0 Å². The number of hydrogen-bond donors (Lipinski definition) is 2. The Balaban J connectivity index is 1.66. The van der Waals surface area contributed by atoms with Crippen molar-refractivity contribution in [1.29, 1.82) is 0 Å². The van der Waals surface area contributed by atoms with Crippen molar-refractivity contribution in [2.24, 2.45) is 5.92 Å². The molecule has 1 aliphatic rings. The highest BCUT2D eigenvalue weighted by Crippen LogP contribution is 2.31. The van der Waals surface area contributed by atoms with Gasteiger partial charge < -0.3 is 15.4 Å². The number of piperidine rings is 1. The van der Waals surface area contributed by atoms with E-state index in [0.717, 1.165) is 30.0 Å². The topological polar surface area (TPSA) is 50.4 Å². The summed E-state index contributed by atoms with van der Waals surface area (Å²) in [5.41, 5.74) is 0.735. The molecule has 0 spiro atoms. The van der Waals surface area contributed by atoms with Crippen molar-refractivity contribution in [1.82, 2.24) is 10.6 Å². The zero-order valence-electron chi connectivity index (χ0n) is 14.1. The minimum absolute atomic E-state index is 0.114. The Bertz CT molecular complexity index is 759. The van der Waals surface area contributed by atoms with Crippen LogP contribution in [-0.4, -0.2) is 31.4 Å². The summed E-state index contributed by atoms with van der Waals surface area (Å²) in [6.07, 6.45) is -3.81. The van der Waals surface area contributed by atoms with Crippen LogP contribution >= 0.6 is 11.3 Å². The number of nitrogens with one attached hydrogen (secondary N) is 2. The fourth-order valence-corrected chi connectivity index (χ4v) is 3.82. The molecule has 2 aromatic rings. The van der Waals surface area contributed by atoms with Crippen LogP contribution < -0.4 is 15.4 Å². The molecule has 1 saturated heterocycles. The van der Waals surface area contributed by atoms with Gasteiger partial charge in [-0.05, 0) is 67.4 Å². The Morgan fingerprint density at radius 1 is 1.23 bits per heavy atom. The van der Waals surface area contributed by atoms with Gasteiger partial charge in [-0.1, -0.05) is 6.92 Å². The second kappa shape index (κ2) is 7.67. The van der Waals surface area contributed by atoms with Gasteiger partial charge in [-0.15, -0.1) is 24.5 Å². The fourth-order valence-electron chi connectivity index (χ4n) is 2.90. The van der Waals surface area contributed by atoms with Gasteiger partial charge in [0.05, 0.1) is 4.88 Å². The third-order valence-electron chi connectivity index (χ3n) is 4.30. The number of ether oxygens (including phenoxy) is 1. The predicted octanol–water partition coefficient (Wildman–Crippen LogP) is 4.04. The number of rotatable bonds is 4. The maximum Gasteiger partial charge on any atom is 0.573 e. The van der Waals surface area contributed by atoms with Crippen LogP contribution in [0.15, 0.2) is 36.4 Å². The predicted molar refractivity (Wildman–Crippen MR) is 94.3 cm³/mol. The molecule has 3 rings (SSSR count). The largest absolute Gasteiger partial charge is 0.573 e. The van der Waals surface area contributed by atoms with Crippen LogP contribution in [0.25, 0.3) is 10.4 Å². The number of hydrogen-bond acceptors (Lipinski definition) is 4. The van der Waals surface area contributed by atoms with Gasteiger partial charge in [0.1, 0.15) is 5.75 Å². The van der Waals surface area contributed by atoms with Crippen molar-refractivity contribution in [2.75, 3.05) is 13.1 Å². The zero-order chi connectivity index (χ0) is 18.7. The number of alkyl halides is 3. The number of halogens is 3. The molecule has 2 heterocycles. The van der Waals surface area contributed by atoms with E-state index in [2.05, 4.69) is 22.3 Å². The van der Waals surface area contributed by atoms with Crippen LogP contribution in [0.5, 0.6) is 5.75 Å². The van der Waals surface area contributed by atoms with Gasteiger partial charge in [0, 0.05) is 10.9 Å². The van der Waals surface area contributed by atoms with Gasteiger partial charge >= 0.3 is 6.36 Å². The van der Waals surface area contributed by atoms with E-state index >= 15 is 0 Å². The molecular weight excluding hydrogens is 365 g/mol. The van der Waals surface area contributed by atoms with Crippen molar-refractivity contribution in [3.05, 3.63) is 41.3 Å². The number of benzene rings is 1. The molecule has 0 saturated carbocycles. The number of carbonyl (C=O) groups excluding carboxylic acids is 1. The van der Waals surface area contributed by atoms with Gasteiger partial charge in [0.15, 0.2) is 0 Å². The lowest BCUT2D eigenvalue weighted by atomic mass is 9.95. The Kier molecular flexibility index (Phi) is 5.52. The maximum absolute atomic E-state index is 12.4. The van der Waals surface area contributed by atoms with Crippen LogP contribution in [-0.2, 0) is 0 Å². The molecule has 8 heteroatoms. The summed E-state index contributed by atoms with van der Waals surface area (Å²) >= 11 is 1.31. The smallest absolute Gasteiger partial charge is 0.406 e. The molecule has 2 unspecified atom stereocenters. The summed E-state index contributed by atoms with van der Waals surface area (Å²) in [4.78, 5) is 13.8. The van der Waals surface area contributed by atoms with Gasteiger partial charge in [0.25, 0.3) is 5.91 Å². The molecule has 0 radical (unpaired) electrons. The Morgan fingerprint density at radius 3 is 2.62 bits per heavy atom. The molecule has 1 aromatic carbocycles. The Hall–Kier alpha value is -2.06. The van der Waals surface area contributed by atoms with E-state index in [1.807, 2.05) is 0 Å². The van der Waals surface area contributed by atoms with E-state index in [0.29, 0.717) is 10.8 Å². The van der Waals surface area contributed by atoms with Crippen LogP contribution in [0.2, 0.25) is 0 Å².